The second-order valence-electron chi connectivity index (χ2n) is 6.07. The summed E-state index contributed by atoms with van der Waals surface area (Å²) in [4.78, 5) is 12.1. The van der Waals surface area contributed by atoms with E-state index >= 15 is 0 Å². The van der Waals surface area contributed by atoms with Crippen LogP contribution in [0.25, 0.3) is 0 Å². The van der Waals surface area contributed by atoms with Crippen molar-refractivity contribution < 1.29 is 9.53 Å². The highest BCUT2D eigenvalue weighted by molar-refractivity contribution is 5.91. The van der Waals surface area contributed by atoms with Crippen molar-refractivity contribution in [3.05, 3.63) is 23.8 Å². The number of hydrogen-bond acceptors (Lipinski definition) is 3. The number of carbonyl (C=O) groups excluding carboxylic acids is 1. The summed E-state index contributed by atoms with van der Waals surface area (Å²) < 4.78 is 5.53. The normalized spacial score (nSPS) is 23.7. The Morgan fingerprint density at radius 1 is 1.43 bits per heavy atom. The summed E-state index contributed by atoms with van der Waals surface area (Å²) in [6, 6.07) is 6.15. The Labute approximate surface area is 126 Å². The van der Waals surface area contributed by atoms with E-state index in [9.17, 15) is 4.79 Å². The molecule has 1 aromatic rings. The summed E-state index contributed by atoms with van der Waals surface area (Å²) in [7, 11) is 0. The van der Waals surface area contributed by atoms with Gasteiger partial charge >= 0.3 is 0 Å². The molecule has 2 aliphatic rings. The summed E-state index contributed by atoms with van der Waals surface area (Å²) in [6.45, 7) is 3.83. The monoisotopic (exact) mass is 288 g/mol. The zero-order chi connectivity index (χ0) is 14.7. The van der Waals surface area contributed by atoms with Crippen LogP contribution in [-0.4, -0.2) is 25.2 Å². The molecular formula is C17H24N2O2. The molecule has 0 unspecified atom stereocenters. The molecule has 4 heteroatoms. The third-order valence-electron chi connectivity index (χ3n) is 4.40. The minimum Gasteiger partial charge on any atom is -0.385 e. The van der Waals surface area contributed by atoms with Crippen LogP contribution in [0.2, 0.25) is 0 Å². The first-order chi connectivity index (χ1) is 10.2. The van der Waals surface area contributed by atoms with Crippen molar-refractivity contribution in [1.29, 1.82) is 0 Å². The van der Waals surface area contributed by atoms with Crippen LogP contribution in [0, 0.1) is 5.92 Å². The highest BCUT2D eigenvalue weighted by Gasteiger charge is 2.31. The largest absolute Gasteiger partial charge is 0.385 e. The summed E-state index contributed by atoms with van der Waals surface area (Å²) >= 11 is 0. The second kappa shape index (κ2) is 6.48. The van der Waals surface area contributed by atoms with Crippen molar-refractivity contribution in [2.45, 2.75) is 45.1 Å². The van der Waals surface area contributed by atoms with Gasteiger partial charge in [-0.05, 0) is 62.3 Å². The number of hydrogen-bond donors (Lipinski definition) is 2. The van der Waals surface area contributed by atoms with Crippen molar-refractivity contribution in [1.82, 2.24) is 0 Å². The molecule has 1 saturated carbocycles. The Morgan fingerprint density at radius 3 is 3.10 bits per heavy atom. The SMILES string of the molecule is CCOC1CC(CC(=O)Nc2ccc3c(c2)CCCN3)C1. The minimum absolute atomic E-state index is 0.124. The molecule has 1 fully saturated rings. The summed E-state index contributed by atoms with van der Waals surface area (Å²) in [5, 5.41) is 6.41. The van der Waals surface area contributed by atoms with E-state index in [1.807, 2.05) is 13.0 Å². The third kappa shape index (κ3) is 3.56. The van der Waals surface area contributed by atoms with Crippen LogP contribution in [0.5, 0.6) is 0 Å². The highest BCUT2D eigenvalue weighted by atomic mass is 16.5. The molecule has 4 nitrogen and oxygen atoms in total. The number of carbonyl (C=O) groups is 1. The van der Waals surface area contributed by atoms with Crippen LogP contribution in [0.15, 0.2) is 18.2 Å². The van der Waals surface area contributed by atoms with Crippen molar-refractivity contribution in [2.24, 2.45) is 5.92 Å². The van der Waals surface area contributed by atoms with E-state index in [-0.39, 0.29) is 5.91 Å². The summed E-state index contributed by atoms with van der Waals surface area (Å²) in [5.74, 6) is 0.611. The van der Waals surface area contributed by atoms with Gasteiger partial charge in [-0.15, -0.1) is 0 Å². The van der Waals surface area contributed by atoms with Gasteiger partial charge in [0.05, 0.1) is 6.10 Å². The second-order valence-corrected chi connectivity index (χ2v) is 6.07. The van der Waals surface area contributed by atoms with Crippen LogP contribution >= 0.6 is 0 Å². The molecule has 114 valence electrons. The summed E-state index contributed by atoms with van der Waals surface area (Å²) in [5.41, 5.74) is 3.43. The van der Waals surface area contributed by atoms with Crippen LogP contribution in [0.4, 0.5) is 11.4 Å². The maximum atomic E-state index is 12.1. The van der Waals surface area contributed by atoms with Crippen molar-refractivity contribution in [2.75, 3.05) is 23.8 Å². The lowest BCUT2D eigenvalue weighted by molar-refractivity contribution is -0.119. The zero-order valence-electron chi connectivity index (χ0n) is 12.7. The van der Waals surface area contributed by atoms with Crippen LogP contribution in [0.3, 0.4) is 0 Å². The van der Waals surface area contributed by atoms with E-state index in [2.05, 4.69) is 22.8 Å². The van der Waals surface area contributed by atoms with Crippen LogP contribution < -0.4 is 10.6 Å². The Hall–Kier alpha value is -1.55. The van der Waals surface area contributed by atoms with Gasteiger partial charge in [-0.2, -0.15) is 0 Å². The quantitative estimate of drug-likeness (QED) is 0.875. The van der Waals surface area contributed by atoms with Gasteiger partial charge in [0.2, 0.25) is 5.91 Å². The first kappa shape index (κ1) is 14.4. The highest BCUT2D eigenvalue weighted by Crippen LogP contribution is 2.33. The molecule has 0 bridgehead atoms. The van der Waals surface area contributed by atoms with E-state index < -0.39 is 0 Å². The topological polar surface area (TPSA) is 50.4 Å². The molecule has 2 N–H and O–H groups in total. The Bertz CT molecular complexity index is 510. The third-order valence-corrected chi connectivity index (χ3v) is 4.40. The van der Waals surface area contributed by atoms with E-state index in [4.69, 9.17) is 4.74 Å². The number of ether oxygens (including phenoxy) is 1. The molecule has 0 saturated heterocycles. The number of aryl methyl sites for hydroxylation is 1. The number of nitrogens with one attached hydrogen (secondary N) is 2. The van der Waals surface area contributed by atoms with E-state index in [1.165, 1.54) is 11.3 Å². The molecule has 1 aliphatic heterocycles. The lowest BCUT2D eigenvalue weighted by Gasteiger charge is -2.34. The minimum atomic E-state index is 0.124. The van der Waals surface area contributed by atoms with Gasteiger partial charge in [0, 0.05) is 30.9 Å². The smallest absolute Gasteiger partial charge is 0.224 e. The molecule has 21 heavy (non-hydrogen) atoms. The first-order valence-corrected chi connectivity index (χ1v) is 8.03. The van der Waals surface area contributed by atoms with E-state index in [0.29, 0.717) is 18.4 Å². The number of amides is 1. The summed E-state index contributed by atoms with van der Waals surface area (Å²) in [6.07, 6.45) is 5.28. The molecule has 0 aromatic heterocycles. The molecular weight excluding hydrogens is 264 g/mol. The van der Waals surface area contributed by atoms with Gasteiger partial charge in [0.15, 0.2) is 0 Å². The number of benzene rings is 1. The molecule has 1 aromatic carbocycles. The van der Waals surface area contributed by atoms with Crippen molar-refractivity contribution >= 4 is 17.3 Å². The van der Waals surface area contributed by atoms with Gasteiger partial charge in [-0.25, -0.2) is 0 Å². The predicted octanol–water partition coefficient (Wildman–Crippen LogP) is 3.19. The zero-order valence-corrected chi connectivity index (χ0v) is 12.7. The van der Waals surface area contributed by atoms with Crippen molar-refractivity contribution in [3.8, 4) is 0 Å². The Morgan fingerprint density at radius 2 is 2.29 bits per heavy atom. The first-order valence-electron chi connectivity index (χ1n) is 8.03. The predicted molar refractivity (Wildman–Crippen MR) is 84.6 cm³/mol. The Balaban J connectivity index is 1.49. The van der Waals surface area contributed by atoms with Crippen LogP contribution in [-0.2, 0) is 16.0 Å². The van der Waals surface area contributed by atoms with Gasteiger partial charge in [0.25, 0.3) is 0 Å². The lowest BCUT2D eigenvalue weighted by Crippen LogP contribution is -2.33. The average Bonchev–Trinajstić information content (AvgIpc) is 2.45. The van der Waals surface area contributed by atoms with E-state index in [0.717, 1.165) is 44.5 Å². The van der Waals surface area contributed by atoms with Crippen LogP contribution in [0.1, 0.15) is 38.2 Å². The molecule has 0 atom stereocenters. The Kier molecular flexibility index (Phi) is 4.44. The van der Waals surface area contributed by atoms with Gasteiger partial charge in [-0.1, -0.05) is 0 Å². The van der Waals surface area contributed by atoms with Gasteiger partial charge in [-0.3, -0.25) is 4.79 Å². The molecule has 0 spiro atoms. The number of fused-ring (bicyclic) bond motifs is 1. The average molecular weight is 288 g/mol. The lowest BCUT2D eigenvalue weighted by atomic mass is 9.80. The van der Waals surface area contributed by atoms with E-state index in [1.54, 1.807) is 0 Å². The maximum Gasteiger partial charge on any atom is 0.224 e. The fourth-order valence-corrected chi connectivity index (χ4v) is 3.24. The fourth-order valence-electron chi connectivity index (χ4n) is 3.24. The van der Waals surface area contributed by atoms with Crippen molar-refractivity contribution in [3.63, 3.8) is 0 Å². The number of anilines is 2. The molecule has 1 aliphatic carbocycles. The maximum absolute atomic E-state index is 12.1. The standard InChI is InChI=1S/C17H24N2O2/c1-2-21-15-8-12(9-15)10-17(20)19-14-5-6-16-13(11-14)4-3-7-18-16/h5-6,11-12,15,18H,2-4,7-10H2,1H3,(H,19,20). The molecule has 3 rings (SSSR count). The fraction of sp³-hybridized carbons (Fsp3) is 0.588. The molecule has 1 amide bonds. The molecule has 1 heterocycles. The van der Waals surface area contributed by atoms with Gasteiger partial charge in [0.1, 0.15) is 0 Å². The molecule has 0 radical (unpaired) electrons. The number of rotatable bonds is 5. The van der Waals surface area contributed by atoms with Gasteiger partial charge < -0.3 is 15.4 Å².